The van der Waals surface area contributed by atoms with Gasteiger partial charge in [-0.3, -0.25) is 19.4 Å². The first-order valence-corrected chi connectivity index (χ1v) is 8.54. The molecule has 0 spiro atoms. The molecule has 0 unspecified atom stereocenters. The molecule has 0 aromatic heterocycles. The number of nitrogens with zero attached hydrogens (tertiary/aromatic N) is 3. The van der Waals surface area contributed by atoms with E-state index in [1.54, 1.807) is 0 Å². The predicted octanol–water partition coefficient (Wildman–Crippen LogP) is -0.00140. The van der Waals surface area contributed by atoms with Gasteiger partial charge in [-0.05, 0) is 18.8 Å². The number of rotatable bonds is 6. The maximum Gasteiger partial charge on any atom is 0.236 e. The van der Waals surface area contributed by atoms with Crippen LogP contribution in [0, 0.1) is 5.92 Å². The van der Waals surface area contributed by atoms with Crippen molar-refractivity contribution in [2.45, 2.75) is 26.7 Å². The number of likely N-dealkylation sites (tertiary alicyclic amines) is 1. The fourth-order valence-corrected chi connectivity index (χ4v) is 2.94. The summed E-state index contributed by atoms with van der Waals surface area (Å²) in [7, 11) is 0. The number of carbonyl (C=O) groups excluding carboxylic acids is 2. The first kappa shape index (κ1) is 17.2. The van der Waals surface area contributed by atoms with Gasteiger partial charge in [0.25, 0.3) is 0 Å². The minimum absolute atomic E-state index is 0.107. The summed E-state index contributed by atoms with van der Waals surface area (Å²) in [5.41, 5.74) is 0. The van der Waals surface area contributed by atoms with Crippen LogP contribution in [0.3, 0.4) is 0 Å². The molecule has 2 aliphatic heterocycles. The molecule has 2 fully saturated rings. The number of amides is 2. The van der Waals surface area contributed by atoms with Crippen molar-refractivity contribution in [3.8, 4) is 0 Å². The zero-order chi connectivity index (χ0) is 15.9. The topological polar surface area (TPSA) is 55.9 Å². The third-order valence-corrected chi connectivity index (χ3v) is 4.36. The van der Waals surface area contributed by atoms with E-state index in [0.29, 0.717) is 19.0 Å². The molecule has 0 saturated carbocycles. The highest BCUT2D eigenvalue weighted by atomic mass is 16.2. The van der Waals surface area contributed by atoms with Gasteiger partial charge in [-0.25, -0.2) is 0 Å². The van der Waals surface area contributed by atoms with Gasteiger partial charge in [-0.15, -0.1) is 0 Å². The highest BCUT2D eigenvalue weighted by Crippen LogP contribution is 2.09. The lowest BCUT2D eigenvalue weighted by Crippen LogP contribution is -2.51. The third-order valence-electron chi connectivity index (χ3n) is 4.36. The Balaban J connectivity index is 1.63. The van der Waals surface area contributed by atoms with Crippen molar-refractivity contribution in [3.05, 3.63) is 0 Å². The van der Waals surface area contributed by atoms with Crippen molar-refractivity contribution >= 4 is 11.8 Å². The SMILES string of the molecule is CC(C)CNC(=O)CN1CCN(CC(=O)N2CCCC2)CC1. The van der Waals surface area contributed by atoms with Crippen molar-refractivity contribution in [2.75, 3.05) is 58.9 Å². The van der Waals surface area contributed by atoms with Gasteiger partial charge >= 0.3 is 0 Å². The van der Waals surface area contributed by atoms with Crippen LogP contribution in [0.1, 0.15) is 26.7 Å². The van der Waals surface area contributed by atoms with E-state index in [-0.39, 0.29) is 11.8 Å². The molecule has 2 rings (SSSR count). The van der Waals surface area contributed by atoms with Crippen LogP contribution in [0.2, 0.25) is 0 Å². The van der Waals surface area contributed by atoms with E-state index >= 15 is 0 Å². The molecule has 0 aromatic rings. The summed E-state index contributed by atoms with van der Waals surface area (Å²) in [5.74, 6) is 0.855. The Morgan fingerprint density at radius 3 is 2.00 bits per heavy atom. The van der Waals surface area contributed by atoms with Crippen LogP contribution in [0.15, 0.2) is 0 Å². The van der Waals surface area contributed by atoms with Crippen LogP contribution in [-0.4, -0.2) is 85.4 Å². The summed E-state index contributed by atoms with van der Waals surface area (Å²) in [5, 5.41) is 2.95. The molecular weight excluding hydrogens is 280 g/mol. The van der Waals surface area contributed by atoms with Crippen LogP contribution in [0.4, 0.5) is 0 Å². The van der Waals surface area contributed by atoms with E-state index in [9.17, 15) is 9.59 Å². The van der Waals surface area contributed by atoms with Crippen molar-refractivity contribution in [1.29, 1.82) is 0 Å². The van der Waals surface area contributed by atoms with Gasteiger partial charge in [0.15, 0.2) is 0 Å². The van der Waals surface area contributed by atoms with Gasteiger partial charge in [0.05, 0.1) is 13.1 Å². The normalized spacial score (nSPS) is 20.6. The number of hydrogen-bond donors (Lipinski definition) is 1. The van der Waals surface area contributed by atoms with Gasteiger partial charge in [0, 0.05) is 45.8 Å². The Morgan fingerprint density at radius 1 is 0.909 bits per heavy atom. The fraction of sp³-hybridized carbons (Fsp3) is 0.875. The molecule has 0 radical (unpaired) electrons. The predicted molar refractivity (Wildman–Crippen MR) is 86.5 cm³/mol. The average molecular weight is 310 g/mol. The number of carbonyl (C=O) groups is 2. The largest absolute Gasteiger partial charge is 0.355 e. The summed E-state index contributed by atoms with van der Waals surface area (Å²) >= 11 is 0. The van der Waals surface area contributed by atoms with Crippen LogP contribution >= 0.6 is 0 Å². The molecular formula is C16H30N4O2. The monoisotopic (exact) mass is 310 g/mol. The summed E-state index contributed by atoms with van der Waals surface area (Å²) in [6, 6.07) is 0. The second kappa shape index (κ2) is 8.48. The molecule has 22 heavy (non-hydrogen) atoms. The molecule has 1 N–H and O–H groups in total. The molecule has 2 amide bonds. The quantitative estimate of drug-likeness (QED) is 0.750. The Labute approximate surface area is 133 Å². The van der Waals surface area contributed by atoms with Crippen LogP contribution < -0.4 is 5.32 Å². The van der Waals surface area contributed by atoms with Crippen molar-refractivity contribution in [2.24, 2.45) is 5.92 Å². The zero-order valence-corrected chi connectivity index (χ0v) is 14.0. The Morgan fingerprint density at radius 2 is 1.45 bits per heavy atom. The smallest absolute Gasteiger partial charge is 0.236 e. The molecule has 2 aliphatic rings. The fourth-order valence-electron chi connectivity index (χ4n) is 2.94. The highest BCUT2D eigenvalue weighted by Gasteiger charge is 2.24. The van der Waals surface area contributed by atoms with Crippen LogP contribution in [-0.2, 0) is 9.59 Å². The Kier molecular flexibility index (Phi) is 6.64. The van der Waals surface area contributed by atoms with E-state index in [1.807, 2.05) is 4.90 Å². The molecule has 2 saturated heterocycles. The highest BCUT2D eigenvalue weighted by molar-refractivity contribution is 5.78. The minimum atomic E-state index is 0.107. The minimum Gasteiger partial charge on any atom is -0.355 e. The second-order valence-corrected chi connectivity index (χ2v) is 6.84. The zero-order valence-electron chi connectivity index (χ0n) is 14.0. The van der Waals surface area contributed by atoms with E-state index in [2.05, 4.69) is 29.0 Å². The molecule has 6 heteroatoms. The molecule has 126 valence electrons. The molecule has 6 nitrogen and oxygen atoms in total. The molecule has 0 atom stereocenters. The third kappa shape index (κ3) is 5.57. The van der Waals surface area contributed by atoms with Gasteiger partial charge in [-0.2, -0.15) is 0 Å². The lowest BCUT2D eigenvalue weighted by atomic mass is 10.2. The second-order valence-electron chi connectivity index (χ2n) is 6.84. The van der Waals surface area contributed by atoms with Gasteiger partial charge in [-0.1, -0.05) is 13.8 Å². The van der Waals surface area contributed by atoms with E-state index in [4.69, 9.17) is 0 Å². The average Bonchev–Trinajstić information content (AvgIpc) is 3.01. The van der Waals surface area contributed by atoms with Crippen molar-refractivity contribution in [3.63, 3.8) is 0 Å². The number of hydrogen-bond acceptors (Lipinski definition) is 4. The van der Waals surface area contributed by atoms with Crippen LogP contribution in [0.25, 0.3) is 0 Å². The van der Waals surface area contributed by atoms with E-state index in [1.165, 1.54) is 0 Å². The van der Waals surface area contributed by atoms with Crippen molar-refractivity contribution < 1.29 is 9.59 Å². The number of piperazine rings is 1. The number of nitrogens with one attached hydrogen (secondary N) is 1. The maximum absolute atomic E-state index is 12.1. The van der Waals surface area contributed by atoms with Crippen LogP contribution in [0.5, 0.6) is 0 Å². The standard InChI is InChI=1S/C16H30N4O2/c1-14(2)11-17-15(21)12-18-7-9-19(10-8-18)13-16(22)20-5-3-4-6-20/h14H,3-13H2,1-2H3,(H,17,21). The Bertz CT molecular complexity index is 372. The first-order chi connectivity index (χ1) is 10.5. The summed E-state index contributed by atoms with van der Waals surface area (Å²) in [6.45, 7) is 11.3. The Hall–Kier alpha value is -1.14. The molecule has 0 bridgehead atoms. The summed E-state index contributed by atoms with van der Waals surface area (Å²) in [6.07, 6.45) is 2.29. The van der Waals surface area contributed by atoms with Gasteiger partial charge < -0.3 is 10.2 Å². The molecule has 2 heterocycles. The lowest BCUT2D eigenvalue weighted by Gasteiger charge is -2.34. The van der Waals surface area contributed by atoms with Crippen molar-refractivity contribution in [1.82, 2.24) is 20.0 Å². The van der Waals surface area contributed by atoms with E-state index in [0.717, 1.165) is 58.7 Å². The first-order valence-electron chi connectivity index (χ1n) is 8.54. The molecule has 0 aliphatic carbocycles. The lowest BCUT2D eigenvalue weighted by molar-refractivity contribution is -0.132. The molecule has 0 aromatic carbocycles. The maximum atomic E-state index is 12.1. The summed E-state index contributed by atoms with van der Waals surface area (Å²) in [4.78, 5) is 30.3. The summed E-state index contributed by atoms with van der Waals surface area (Å²) < 4.78 is 0. The van der Waals surface area contributed by atoms with Gasteiger partial charge in [0.2, 0.25) is 11.8 Å². The van der Waals surface area contributed by atoms with Gasteiger partial charge in [0.1, 0.15) is 0 Å². The van der Waals surface area contributed by atoms with E-state index < -0.39 is 0 Å².